The predicted octanol–water partition coefficient (Wildman–Crippen LogP) is 5.68. The summed E-state index contributed by atoms with van der Waals surface area (Å²) in [7, 11) is 3.76. The molecule has 2 saturated carbocycles. The van der Waals surface area contributed by atoms with E-state index in [-0.39, 0.29) is 35.4 Å². The third-order valence-corrected chi connectivity index (χ3v) is 9.64. The van der Waals surface area contributed by atoms with E-state index in [0.717, 1.165) is 49.0 Å². The van der Waals surface area contributed by atoms with E-state index in [1.54, 1.807) is 0 Å². The number of benzene rings is 3. The Morgan fingerprint density at radius 1 is 1.02 bits per heavy atom. The van der Waals surface area contributed by atoms with Crippen molar-refractivity contribution in [1.29, 1.82) is 0 Å². The molecule has 4 unspecified atom stereocenters. The molecule has 0 aromatic heterocycles. The summed E-state index contributed by atoms with van der Waals surface area (Å²) in [4.78, 5) is 30.2. The average molecular weight is 541 g/mol. The van der Waals surface area contributed by atoms with Gasteiger partial charge in [0, 0.05) is 57.1 Å². The van der Waals surface area contributed by atoms with Crippen LogP contribution >= 0.6 is 0 Å². The molecule has 4 atom stereocenters. The largest absolute Gasteiger partial charge is 0.427 e. The minimum Gasteiger partial charge on any atom is -0.427 e. The zero-order chi connectivity index (χ0) is 27.9. The summed E-state index contributed by atoms with van der Waals surface area (Å²) < 4.78 is 11.8. The molecule has 0 N–H and O–H groups in total. The number of likely N-dealkylation sites (tertiary alicyclic amines) is 1. The van der Waals surface area contributed by atoms with Crippen LogP contribution in [0.5, 0.6) is 5.75 Å². The Kier molecular flexibility index (Phi) is 7.41. The molecular formula is C34H40N2O4. The van der Waals surface area contributed by atoms with Crippen LogP contribution in [-0.2, 0) is 14.9 Å². The van der Waals surface area contributed by atoms with Gasteiger partial charge < -0.3 is 19.3 Å². The normalized spacial score (nSPS) is 26.7. The lowest BCUT2D eigenvalue weighted by molar-refractivity contribution is -0.131. The van der Waals surface area contributed by atoms with E-state index in [4.69, 9.17) is 9.47 Å². The number of hydrogen-bond donors (Lipinski definition) is 0. The van der Waals surface area contributed by atoms with Crippen LogP contribution in [0.25, 0.3) is 10.8 Å². The van der Waals surface area contributed by atoms with E-state index in [9.17, 15) is 9.59 Å². The van der Waals surface area contributed by atoms with Crippen LogP contribution in [0, 0.1) is 11.8 Å². The second-order valence-electron chi connectivity index (χ2n) is 12.2. The highest BCUT2D eigenvalue weighted by Crippen LogP contribution is 2.51. The fraction of sp³-hybridized carbons (Fsp3) is 0.471. The monoisotopic (exact) mass is 540 g/mol. The number of amides is 1. The van der Waals surface area contributed by atoms with Crippen LogP contribution in [-0.4, -0.2) is 67.6 Å². The second-order valence-corrected chi connectivity index (χ2v) is 12.2. The second kappa shape index (κ2) is 11.0. The molecule has 6 nitrogen and oxygen atoms in total. The highest BCUT2D eigenvalue weighted by molar-refractivity contribution is 5.98. The molecule has 3 aliphatic rings. The first-order valence-corrected chi connectivity index (χ1v) is 14.7. The summed E-state index contributed by atoms with van der Waals surface area (Å²) in [6.45, 7) is 4.62. The van der Waals surface area contributed by atoms with Gasteiger partial charge in [0.2, 0.25) is 0 Å². The van der Waals surface area contributed by atoms with Gasteiger partial charge >= 0.3 is 5.97 Å². The van der Waals surface area contributed by atoms with Crippen LogP contribution in [0.15, 0.2) is 66.7 Å². The number of rotatable bonds is 7. The topological polar surface area (TPSA) is 59.1 Å². The van der Waals surface area contributed by atoms with E-state index in [1.807, 2.05) is 67.6 Å². The number of fused-ring (bicyclic) bond motifs is 2. The molecule has 0 spiro atoms. The van der Waals surface area contributed by atoms with Crippen molar-refractivity contribution in [2.75, 3.05) is 33.8 Å². The van der Waals surface area contributed by atoms with E-state index >= 15 is 0 Å². The van der Waals surface area contributed by atoms with Crippen molar-refractivity contribution < 1.29 is 19.1 Å². The standard InChI is InChI=1S/C34H40N2O4/c1-23(37)40-30-10-6-9-28(18-30)34-15-16-36(21-24-11-12-24)22-31(34)32(39-3)19-29(20-34)35(2)33(38)27-14-13-25-7-4-5-8-26(25)17-27/h4-10,13-14,17-18,24,29,31-32H,11-12,15-16,19-22H2,1-3H3. The molecule has 0 radical (unpaired) electrons. The van der Waals surface area contributed by atoms with Crippen molar-refractivity contribution in [3.8, 4) is 5.75 Å². The maximum absolute atomic E-state index is 13.9. The Morgan fingerprint density at radius 3 is 2.58 bits per heavy atom. The number of esters is 1. The Labute approximate surface area is 237 Å². The third kappa shape index (κ3) is 5.27. The lowest BCUT2D eigenvalue weighted by Gasteiger charge is -2.56. The average Bonchev–Trinajstić information content (AvgIpc) is 3.79. The quantitative estimate of drug-likeness (QED) is 0.285. The molecule has 1 aliphatic heterocycles. The van der Waals surface area contributed by atoms with Crippen LogP contribution in [0.3, 0.4) is 0 Å². The van der Waals surface area contributed by atoms with Gasteiger partial charge in [0.05, 0.1) is 6.10 Å². The minimum atomic E-state index is -0.317. The summed E-state index contributed by atoms with van der Waals surface area (Å²) in [5.41, 5.74) is 1.71. The van der Waals surface area contributed by atoms with Crippen LogP contribution in [0.1, 0.15) is 54.9 Å². The zero-order valence-corrected chi connectivity index (χ0v) is 23.8. The summed E-state index contributed by atoms with van der Waals surface area (Å²) in [5, 5.41) is 2.20. The maximum Gasteiger partial charge on any atom is 0.308 e. The summed E-state index contributed by atoms with van der Waals surface area (Å²) >= 11 is 0. The highest BCUT2D eigenvalue weighted by atomic mass is 16.5. The summed E-state index contributed by atoms with van der Waals surface area (Å²) in [6.07, 6.45) is 5.35. The molecule has 6 rings (SSSR count). The Morgan fingerprint density at radius 2 is 1.82 bits per heavy atom. The Balaban J connectivity index is 1.33. The number of piperidine rings is 1. The van der Waals surface area contributed by atoms with Crippen LogP contribution in [0.4, 0.5) is 0 Å². The van der Waals surface area contributed by atoms with Crippen molar-refractivity contribution in [2.24, 2.45) is 11.8 Å². The number of carbonyl (C=O) groups is 2. The van der Waals surface area contributed by atoms with Gasteiger partial charge in [-0.05, 0) is 85.2 Å². The number of hydrogen-bond acceptors (Lipinski definition) is 5. The number of carbonyl (C=O) groups excluding carboxylic acids is 2. The third-order valence-electron chi connectivity index (χ3n) is 9.64. The zero-order valence-electron chi connectivity index (χ0n) is 23.8. The van der Waals surface area contributed by atoms with Gasteiger partial charge in [0.15, 0.2) is 0 Å². The molecule has 210 valence electrons. The van der Waals surface area contributed by atoms with Gasteiger partial charge in [-0.15, -0.1) is 0 Å². The first-order chi connectivity index (χ1) is 19.4. The van der Waals surface area contributed by atoms with E-state index in [1.165, 1.54) is 31.9 Å². The van der Waals surface area contributed by atoms with Gasteiger partial charge in [0.25, 0.3) is 5.91 Å². The first kappa shape index (κ1) is 27.0. The Hall–Kier alpha value is -3.22. The van der Waals surface area contributed by atoms with Gasteiger partial charge in [0.1, 0.15) is 5.75 Å². The van der Waals surface area contributed by atoms with Gasteiger partial charge in [-0.3, -0.25) is 9.59 Å². The van der Waals surface area contributed by atoms with Crippen molar-refractivity contribution in [3.63, 3.8) is 0 Å². The molecule has 1 amide bonds. The summed E-state index contributed by atoms with van der Waals surface area (Å²) in [6, 6.07) is 22.2. The number of ether oxygens (including phenoxy) is 2. The highest BCUT2D eigenvalue weighted by Gasteiger charge is 2.54. The van der Waals surface area contributed by atoms with Gasteiger partial charge in [-0.25, -0.2) is 0 Å². The number of methoxy groups -OCH3 is 1. The fourth-order valence-electron chi connectivity index (χ4n) is 7.34. The summed E-state index contributed by atoms with van der Waals surface area (Å²) in [5.74, 6) is 1.43. The van der Waals surface area contributed by atoms with Crippen LogP contribution < -0.4 is 4.74 Å². The van der Waals surface area contributed by atoms with Crippen molar-refractivity contribution in [2.45, 2.75) is 56.6 Å². The number of nitrogens with zero attached hydrogens (tertiary/aromatic N) is 2. The van der Waals surface area contributed by atoms with Gasteiger partial charge in [-0.2, -0.15) is 0 Å². The molecule has 40 heavy (non-hydrogen) atoms. The van der Waals surface area contributed by atoms with E-state index in [2.05, 4.69) is 23.1 Å². The molecule has 3 fully saturated rings. The molecule has 1 saturated heterocycles. The molecular weight excluding hydrogens is 500 g/mol. The molecule has 2 aliphatic carbocycles. The molecule has 3 aromatic carbocycles. The van der Waals surface area contributed by atoms with E-state index < -0.39 is 0 Å². The lowest BCUT2D eigenvalue weighted by atomic mass is 9.56. The van der Waals surface area contributed by atoms with Crippen molar-refractivity contribution in [3.05, 3.63) is 77.9 Å². The predicted molar refractivity (Wildman–Crippen MR) is 157 cm³/mol. The lowest BCUT2D eigenvalue weighted by Crippen LogP contribution is -2.61. The van der Waals surface area contributed by atoms with Gasteiger partial charge in [-0.1, -0.05) is 42.5 Å². The SMILES string of the molecule is COC1CC(N(C)C(=O)c2ccc3ccccc3c2)CC2(c3cccc(OC(C)=O)c3)CCN(CC3CC3)CC12. The molecule has 6 heteroatoms. The maximum atomic E-state index is 13.9. The van der Waals surface area contributed by atoms with Crippen LogP contribution in [0.2, 0.25) is 0 Å². The minimum absolute atomic E-state index is 0.0185. The smallest absolute Gasteiger partial charge is 0.308 e. The first-order valence-electron chi connectivity index (χ1n) is 14.7. The van der Waals surface area contributed by atoms with Crippen molar-refractivity contribution >= 4 is 22.6 Å². The molecule has 1 heterocycles. The van der Waals surface area contributed by atoms with E-state index in [0.29, 0.717) is 11.3 Å². The molecule has 3 aromatic rings. The molecule has 0 bridgehead atoms. The van der Waals surface area contributed by atoms with Crippen molar-refractivity contribution in [1.82, 2.24) is 9.80 Å². The fourth-order valence-corrected chi connectivity index (χ4v) is 7.34. The Bertz CT molecular complexity index is 1400.